The van der Waals surface area contributed by atoms with Crippen molar-refractivity contribution in [3.63, 3.8) is 0 Å². The molecular formula is C16H18N2O4. The number of hydrogen-bond donors (Lipinski definition) is 3. The monoisotopic (exact) mass is 302 g/mol. The zero-order valence-electron chi connectivity index (χ0n) is 12.0. The summed E-state index contributed by atoms with van der Waals surface area (Å²) in [6.45, 7) is 0.554. The van der Waals surface area contributed by atoms with Gasteiger partial charge in [0.2, 0.25) is 5.91 Å². The third-order valence-corrected chi connectivity index (χ3v) is 3.94. The number of hydrogen-bond acceptors (Lipinski definition) is 3. The van der Waals surface area contributed by atoms with Gasteiger partial charge in [0.05, 0.1) is 0 Å². The van der Waals surface area contributed by atoms with Crippen molar-refractivity contribution in [3.05, 3.63) is 36.0 Å². The Labute approximate surface area is 127 Å². The zero-order valence-corrected chi connectivity index (χ0v) is 12.0. The summed E-state index contributed by atoms with van der Waals surface area (Å²) >= 11 is 0. The highest BCUT2D eigenvalue weighted by Gasteiger charge is 2.28. The smallest absolute Gasteiger partial charge is 0.326 e. The molecule has 22 heavy (non-hydrogen) atoms. The lowest BCUT2D eigenvalue weighted by Crippen LogP contribution is -2.46. The average molecular weight is 302 g/mol. The lowest BCUT2D eigenvalue weighted by atomic mass is 10.0. The first kappa shape index (κ1) is 14.6. The second kappa shape index (κ2) is 6.19. The maximum atomic E-state index is 12.0. The quantitative estimate of drug-likeness (QED) is 0.779. The van der Waals surface area contributed by atoms with Gasteiger partial charge >= 0.3 is 5.97 Å². The van der Waals surface area contributed by atoms with Crippen molar-refractivity contribution in [1.29, 1.82) is 0 Å². The first-order valence-corrected chi connectivity index (χ1v) is 7.35. The number of aliphatic carboxylic acids is 1. The topological polar surface area (TPSA) is 91.4 Å². The van der Waals surface area contributed by atoms with Crippen LogP contribution in [0.4, 0.5) is 0 Å². The van der Waals surface area contributed by atoms with Crippen molar-refractivity contribution >= 4 is 22.8 Å². The van der Waals surface area contributed by atoms with Crippen molar-refractivity contribution in [2.75, 3.05) is 6.61 Å². The van der Waals surface area contributed by atoms with E-state index < -0.39 is 18.1 Å². The van der Waals surface area contributed by atoms with Gasteiger partial charge in [-0.3, -0.25) is 4.79 Å². The number of amides is 1. The maximum Gasteiger partial charge on any atom is 0.326 e. The Balaban J connectivity index is 1.74. The molecule has 1 aromatic heterocycles. The first-order chi connectivity index (χ1) is 10.6. The molecule has 3 N–H and O–H groups in total. The van der Waals surface area contributed by atoms with Crippen LogP contribution in [0.1, 0.15) is 18.4 Å². The van der Waals surface area contributed by atoms with Crippen molar-refractivity contribution in [2.45, 2.75) is 31.4 Å². The number of aromatic amines is 1. The molecule has 2 aromatic rings. The van der Waals surface area contributed by atoms with E-state index >= 15 is 0 Å². The molecule has 0 saturated carbocycles. The van der Waals surface area contributed by atoms with E-state index in [4.69, 9.17) is 4.74 Å². The molecular weight excluding hydrogens is 284 g/mol. The maximum absolute atomic E-state index is 12.0. The SMILES string of the molecule is O=C(N[C@H](Cc1c[nH]c2ccccc12)C(=O)O)[C@@H]1CCCO1. The molecule has 0 radical (unpaired) electrons. The first-order valence-electron chi connectivity index (χ1n) is 7.35. The van der Waals surface area contributed by atoms with Crippen molar-refractivity contribution in [1.82, 2.24) is 10.3 Å². The van der Waals surface area contributed by atoms with Crippen LogP contribution in [0.5, 0.6) is 0 Å². The molecule has 1 amide bonds. The molecule has 6 nitrogen and oxygen atoms in total. The van der Waals surface area contributed by atoms with Crippen LogP contribution in [0, 0.1) is 0 Å². The minimum atomic E-state index is -1.04. The summed E-state index contributed by atoms with van der Waals surface area (Å²) in [6, 6.07) is 6.72. The lowest BCUT2D eigenvalue weighted by molar-refractivity contribution is -0.143. The molecule has 0 bridgehead atoms. The lowest BCUT2D eigenvalue weighted by Gasteiger charge is -2.17. The molecule has 1 saturated heterocycles. The number of H-pyrrole nitrogens is 1. The molecule has 1 aliphatic heterocycles. The molecule has 2 atom stereocenters. The second-order valence-electron chi connectivity index (χ2n) is 5.46. The summed E-state index contributed by atoms with van der Waals surface area (Å²) in [5.74, 6) is -1.39. The molecule has 0 spiro atoms. The molecule has 0 unspecified atom stereocenters. The van der Waals surface area contributed by atoms with Gasteiger partial charge in [-0.1, -0.05) is 18.2 Å². The molecule has 1 aromatic carbocycles. The third kappa shape index (κ3) is 2.96. The molecule has 6 heteroatoms. The van der Waals surface area contributed by atoms with Gasteiger partial charge in [0.15, 0.2) is 0 Å². The highest BCUT2D eigenvalue weighted by atomic mass is 16.5. The molecule has 1 fully saturated rings. The van der Waals surface area contributed by atoms with Gasteiger partial charge in [-0.05, 0) is 24.5 Å². The number of rotatable bonds is 5. The summed E-state index contributed by atoms with van der Waals surface area (Å²) in [4.78, 5) is 26.6. The molecule has 1 aliphatic rings. The number of para-hydroxylation sites is 1. The number of carboxylic acids is 1. The largest absolute Gasteiger partial charge is 0.480 e. The number of aromatic nitrogens is 1. The van der Waals surface area contributed by atoms with Gasteiger partial charge in [-0.2, -0.15) is 0 Å². The van der Waals surface area contributed by atoms with Gasteiger partial charge in [0.1, 0.15) is 12.1 Å². The minimum absolute atomic E-state index is 0.234. The number of fused-ring (bicyclic) bond motifs is 1. The number of nitrogens with one attached hydrogen (secondary N) is 2. The Hall–Kier alpha value is -2.34. The van der Waals surface area contributed by atoms with Crippen LogP contribution in [-0.4, -0.2) is 40.7 Å². The van der Waals surface area contributed by atoms with Gasteiger partial charge in [0.25, 0.3) is 0 Å². The fourth-order valence-corrected chi connectivity index (χ4v) is 2.77. The highest BCUT2D eigenvalue weighted by Crippen LogP contribution is 2.19. The minimum Gasteiger partial charge on any atom is -0.480 e. The highest BCUT2D eigenvalue weighted by molar-refractivity contribution is 5.88. The van der Waals surface area contributed by atoms with Gasteiger partial charge in [-0.25, -0.2) is 4.79 Å². The summed E-state index contributed by atoms with van der Waals surface area (Å²) in [5.41, 5.74) is 1.82. The van der Waals surface area contributed by atoms with Crippen LogP contribution in [0.2, 0.25) is 0 Å². The van der Waals surface area contributed by atoms with E-state index in [0.29, 0.717) is 13.0 Å². The predicted octanol–water partition coefficient (Wildman–Crippen LogP) is 1.46. The average Bonchev–Trinajstić information content (AvgIpc) is 3.16. The normalized spacial score (nSPS) is 19.2. The summed E-state index contributed by atoms with van der Waals surface area (Å²) in [7, 11) is 0. The van der Waals surface area contributed by atoms with Crippen LogP contribution in [0.15, 0.2) is 30.5 Å². The Bertz CT molecular complexity index is 688. The fraction of sp³-hybridized carbons (Fsp3) is 0.375. The van der Waals surface area contributed by atoms with Crippen LogP contribution < -0.4 is 5.32 Å². The standard InChI is InChI=1S/C16H18N2O4/c19-15(14-6-3-7-22-14)18-13(16(20)21)8-10-9-17-12-5-2-1-4-11(10)12/h1-2,4-5,9,13-14,17H,3,6-8H2,(H,18,19)(H,20,21)/t13-,14+/m1/s1. The van der Waals surface area contributed by atoms with Crippen LogP contribution in [0.3, 0.4) is 0 Å². The van der Waals surface area contributed by atoms with E-state index in [1.54, 1.807) is 6.20 Å². The van der Waals surface area contributed by atoms with Crippen molar-refractivity contribution < 1.29 is 19.4 Å². The second-order valence-corrected chi connectivity index (χ2v) is 5.46. The molecule has 2 heterocycles. The Kier molecular flexibility index (Phi) is 4.11. The Morgan fingerprint density at radius 1 is 1.41 bits per heavy atom. The van der Waals surface area contributed by atoms with E-state index in [1.165, 1.54) is 0 Å². The zero-order chi connectivity index (χ0) is 15.5. The Morgan fingerprint density at radius 3 is 2.95 bits per heavy atom. The number of ether oxygens (including phenoxy) is 1. The van der Waals surface area contributed by atoms with Gasteiger partial charge in [-0.15, -0.1) is 0 Å². The van der Waals surface area contributed by atoms with E-state index in [-0.39, 0.29) is 12.3 Å². The predicted molar refractivity (Wildman–Crippen MR) is 80.5 cm³/mol. The fourth-order valence-electron chi connectivity index (χ4n) is 2.77. The van der Waals surface area contributed by atoms with E-state index in [2.05, 4.69) is 10.3 Å². The van der Waals surface area contributed by atoms with Crippen LogP contribution in [0.25, 0.3) is 10.9 Å². The number of carboxylic acid groups (broad SMARTS) is 1. The van der Waals surface area contributed by atoms with Crippen molar-refractivity contribution in [3.8, 4) is 0 Å². The number of carbonyl (C=O) groups excluding carboxylic acids is 1. The van der Waals surface area contributed by atoms with Gasteiger partial charge in [0, 0.05) is 30.1 Å². The van der Waals surface area contributed by atoms with E-state index in [1.807, 2.05) is 24.3 Å². The Morgan fingerprint density at radius 2 is 2.23 bits per heavy atom. The van der Waals surface area contributed by atoms with E-state index in [9.17, 15) is 14.7 Å². The summed E-state index contributed by atoms with van der Waals surface area (Å²) in [5, 5.41) is 12.9. The summed E-state index contributed by atoms with van der Waals surface area (Å²) < 4.78 is 5.29. The van der Waals surface area contributed by atoms with Crippen molar-refractivity contribution in [2.24, 2.45) is 0 Å². The van der Waals surface area contributed by atoms with Crippen LogP contribution in [-0.2, 0) is 20.7 Å². The molecule has 0 aliphatic carbocycles. The number of benzene rings is 1. The van der Waals surface area contributed by atoms with Crippen LogP contribution >= 0.6 is 0 Å². The van der Waals surface area contributed by atoms with Gasteiger partial charge < -0.3 is 20.1 Å². The third-order valence-electron chi connectivity index (χ3n) is 3.94. The number of carbonyl (C=O) groups is 2. The van der Waals surface area contributed by atoms with E-state index in [0.717, 1.165) is 22.9 Å². The molecule has 116 valence electrons. The summed E-state index contributed by atoms with van der Waals surface area (Å²) in [6.07, 6.45) is 2.98. The molecule has 3 rings (SSSR count).